The highest BCUT2D eigenvalue weighted by Crippen LogP contribution is 2.25. The second-order valence-electron chi connectivity index (χ2n) is 4.53. The molecule has 0 aromatic carbocycles. The van der Waals surface area contributed by atoms with E-state index < -0.39 is 16.1 Å². The first kappa shape index (κ1) is 14.4. The standard InChI is InChI=1S/C11H13N5O2S3/c1-6-5-20-9(13-6)7(2)15-21(17,18)10-8(12)14-11-16(10)3-4-19-11/h3-5,7,15H,12H2,1-2H3. The van der Waals surface area contributed by atoms with Gasteiger partial charge in [-0.25, -0.2) is 23.1 Å². The van der Waals surface area contributed by atoms with Gasteiger partial charge in [0.25, 0.3) is 10.0 Å². The maximum Gasteiger partial charge on any atom is 0.261 e. The van der Waals surface area contributed by atoms with Crippen LogP contribution in [0.3, 0.4) is 0 Å². The third kappa shape index (κ3) is 2.55. The normalized spacial score (nSPS) is 13.8. The number of nitrogen functional groups attached to an aromatic ring is 1. The Bertz CT molecular complexity index is 892. The van der Waals surface area contributed by atoms with Gasteiger partial charge < -0.3 is 5.73 Å². The molecule has 0 saturated heterocycles. The molecule has 10 heteroatoms. The summed E-state index contributed by atoms with van der Waals surface area (Å²) in [7, 11) is -3.78. The minimum Gasteiger partial charge on any atom is -0.381 e. The van der Waals surface area contributed by atoms with Gasteiger partial charge in [0.2, 0.25) is 0 Å². The molecule has 3 rings (SSSR count). The lowest BCUT2D eigenvalue weighted by atomic mass is 10.4. The van der Waals surface area contributed by atoms with Crippen LogP contribution >= 0.6 is 22.7 Å². The van der Waals surface area contributed by atoms with E-state index in [1.165, 1.54) is 27.1 Å². The number of thiazole rings is 2. The van der Waals surface area contributed by atoms with Gasteiger partial charge in [0.15, 0.2) is 15.8 Å². The van der Waals surface area contributed by atoms with Crippen molar-refractivity contribution < 1.29 is 8.42 Å². The summed E-state index contributed by atoms with van der Waals surface area (Å²) in [6, 6.07) is -0.433. The zero-order valence-electron chi connectivity index (χ0n) is 11.3. The quantitative estimate of drug-likeness (QED) is 0.752. The predicted octanol–water partition coefficient (Wildman–Crippen LogP) is 1.78. The highest BCUT2D eigenvalue weighted by molar-refractivity contribution is 7.89. The average molecular weight is 343 g/mol. The van der Waals surface area contributed by atoms with Gasteiger partial charge in [-0.1, -0.05) is 0 Å². The Hall–Kier alpha value is -1.49. The molecular weight excluding hydrogens is 330 g/mol. The molecule has 0 fully saturated rings. The van der Waals surface area contributed by atoms with Crippen molar-refractivity contribution in [1.82, 2.24) is 19.1 Å². The molecule has 0 aliphatic rings. The predicted molar refractivity (Wildman–Crippen MR) is 83.1 cm³/mol. The Morgan fingerprint density at radius 2 is 2.14 bits per heavy atom. The fraction of sp³-hybridized carbons (Fsp3) is 0.273. The van der Waals surface area contributed by atoms with Crippen molar-refractivity contribution >= 4 is 43.5 Å². The van der Waals surface area contributed by atoms with E-state index in [0.29, 0.717) is 9.97 Å². The summed E-state index contributed by atoms with van der Waals surface area (Å²) in [5, 5.41) is 4.32. The van der Waals surface area contributed by atoms with Crippen molar-refractivity contribution in [3.63, 3.8) is 0 Å². The van der Waals surface area contributed by atoms with Gasteiger partial charge in [0.05, 0.1) is 6.04 Å². The summed E-state index contributed by atoms with van der Waals surface area (Å²) in [5.41, 5.74) is 6.61. The number of nitrogens with zero attached hydrogens (tertiary/aromatic N) is 3. The number of anilines is 1. The van der Waals surface area contributed by atoms with Crippen molar-refractivity contribution in [3.8, 4) is 0 Å². The molecule has 3 aromatic heterocycles. The Morgan fingerprint density at radius 3 is 2.81 bits per heavy atom. The zero-order chi connectivity index (χ0) is 15.2. The molecule has 0 aliphatic carbocycles. The summed E-state index contributed by atoms with van der Waals surface area (Å²) in [6.45, 7) is 3.61. The van der Waals surface area contributed by atoms with Crippen molar-refractivity contribution in [3.05, 3.63) is 27.7 Å². The van der Waals surface area contributed by atoms with Gasteiger partial charge in [0.1, 0.15) is 5.01 Å². The monoisotopic (exact) mass is 343 g/mol. The molecule has 0 bridgehead atoms. The fourth-order valence-electron chi connectivity index (χ4n) is 1.96. The molecule has 112 valence electrons. The first-order valence-electron chi connectivity index (χ1n) is 6.04. The molecule has 7 nitrogen and oxygen atoms in total. The van der Waals surface area contributed by atoms with Gasteiger partial charge in [-0.05, 0) is 13.8 Å². The number of nitrogens with two attached hydrogens (primary N) is 1. The maximum atomic E-state index is 12.5. The summed E-state index contributed by atoms with van der Waals surface area (Å²) >= 11 is 2.74. The van der Waals surface area contributed by atoms with Crippen LogP contribution in [0.5, 0.6) is 0 Å². The van der Waals surface area contributed by atoms with Crippen LogP contribution in [-0.2, 0) is 10.0 Å². The van der Waals surface area contributed by atoms with E-state index in [9.17, 15) is 8.42 Å². The van der Waals surface area contributed by atoms with Crippen molar-refractivity contribution in [2.75, 3.05) is 5.73 Å². The van der Waals surface area contributed by atoms with E-state index in [1.54, 1.807) is 18.5 Å². The number of imidazole rings is 1. The third-order valence-corrected chi connectivity index (χ3v) is 6.32. The van der Waals surface area contributed by atoms with Crippen LogP contribution in [0.25, 0.3) is 4.96 Å². The lowest BCUT2D eigenvalue weighted by Gasteiger charge is -2.11. The number of aromatic nitrogens is 3. The van der Waals surface area contributed by atoms with Gasteiger partial charge in [-0.2, -0.15) is 0 Å². The molecule has 0 saturated carbocycles. The van der Waals surface area contributed by atoms with E-state index in [2.05, 4.69) is 14.7 Å². The van der Waals surface area contributed by atoms with E-state index in [-0.39, 0.29) is 10.8 Å². The molecular formula is C11H13N5O2S3. The van der Waals surface area contributed by atoms with Crippen molar-refractivity contribution in [2.45, 2.75) is 24.9 Å². The van der Waals surface area contributed by atoms with Crippen LogP contribution in [0, 0.1) is 6.92 Å². The number of aryl methyl sites for hydroxylation is 1. The summed E-state index contributed by atoms with van der Waals surface area (Å²) < 4.78 is 29.2. The summed E-state index contributed by atoms with van der Waals surface area (Å²) in [6.07, 6.45) is 1.64. The average Bonchev–Trinajstić information content (AvgIpc) is 3.03. The smallest absolute Gasteiger partial charge is 0.261 e. The SMILES string of the molecule is Cc1csc(C(C)NS(=O)(=O)c2c(N)nc3sccn23)n1. The van der Waals surface area contributed by atoms with Crippen LogP contribution in [0.1, 0.15) is 23.7 Å². The highest BCUT2D eigenvalue weighted by Gasteiger charge is 2.27. The Balaban J connectivity index is 1.97. The topological polar surface area (TPSA) is 102 Å². The van der Waals surface area contributed by atoms with Crippen LogP contribution in [0.15, 0.2) is 22.0 Å². The van der Waals surface area contributed by atoms with E-state index >= 15 is 0 Å². The van der Waals surface area contributed by atoms with Gasteiger partial charge in [-0.15, -0.1) is 22.7 Å². The van der Waals surface area contributed by atoms with Crippen LogP contribution in [0.4, 0.5) is 5.82 Å². The van der Waals surface area contributed by atoms with Gasteiger partial charge in [0, 0.05) is 22.7 Å². The lowest BCUT2D eigenvalue weighted by molar-refractivity contribution is 0.562. The first-order valence-corrected chi connectivity index (χ1v) is 9.28. The molecule has 3 N–H and O–H groups in total. The molecule has 3 aromatic rings. The first-order chi connectivity index (χ1) is 9.88. The second-order valence-corrected chi connectivity index (χ2v) is 7.92. The fourth-order valence-corrected chi connectivity index (χ4v) is 5.03. The molecule has 0 spiro atoms. The zero-order valence-corrected chi connectivity index (χ0v) is 13.7. The number of rotatable bonds is 4. The van der Waals surface area contributed by atoms with Crippen LogP contribution in [-0.4, -0.2) is 22.8 Å². The van der Waals surface area contributed by atoms with Gasteiger partial charge in [-0.3, -0.25) is 4.40 Å². The molecule has 0 amide bonds. The Labute approximate surface area is 129 Å². The van der Waals surface area contributed by atoms with Crippen LogP contribution in [0.2, 0.25) is 0 Å². The third-order valence-electron chi connectivity index (χ3n) is 2.84. The molecule has 1 atom stereocenters. The number of sulfonamides is 1. The van der Waals surface area contributed by atoms with Crippen molar-refractivity contribution in [2.24, 2.45) is 0 Å². The number of hydrogen-bond acceptors (Lipinski definition) is 7. The molecule has 3 heterocycles. The summed E-state index contributed by atoms with van der Waals surface area (Å²) in [5.74, 6) is -0.00290. The highest BCUT2D eigenvalue weighted by atomic mass is 32.2. The number of nitrogens with one attached hydrogen (secondary N) is 1. The number of fused-ring (bicyclic) bond motifs is 1. The van der Waals surface area contributed by atoms with E-state index in [1.807, 2.05) is 12.3 Å². The Morgan fingerprint density at radius 1 is 1.38 bits per heavy atom. The minimum atomic E-state index is -3.78. The summed E-state index contributed by atoms with van der Waals surface area (Å²) in [4.78, 5) is 8.89. The second kappa shape index (κ2) is 5.05. The van der Waals surface area contributed by atoms with E-state index in [4.69, 9.17) is 5.73 Å². The van der Waals surface area contributed by atoms with Gasteiger partial charge >= 0.3 is 0 Å². The lowest BCUT2D eigenvalue weighted by Crippen LogP contribution is -2.28. The molecule has 1 unspecified atom stereocenters. The minimum absolute atomic E-state index is 0.00290. The van der Waals surface area contributed by atoms with E-state index in [0.717, 1.165) is 5.69 Å². The van der Waals surface area contributed by atoms with Crippen LogP contribution < -0.4 is 10.5 Å². The molecule has 0 aliphatic heterocycles. The molecule has 21 heavy (non-hydrogen) atoms. The van der Waals surface area contributed by atoms with Crippen molar-refractivity contribution in [1.29, 1.82) is 0 Å². The number of hydrogen-bond donors (Lipinski definition) is 2. The largest absolute Gasteiger partial charge is 0.381 e. The maximum absolute atomic E-state index is 12.5. The Kier molecular flexibility index (Phi) is 3.48. The molecule has 0 radical (unpaired) electrons.